The summed E-state index contributed by atoms with van der Waals surface area (Å²) in [6, 6.07) is 5.07. The van der Waals surface area contributed by atoms with Crippen LogP contribution in [0.3, 0.4) is 0 Å². The number of nitrogens with zero attached hydrogens (tertiary/aromatic N) is 1. The average Bonchev–Trinajstić information content (AvgIpc) is 2.49. The Morgan fingerprint density at radius 2 is 1.96 bits per heavy atom. The third-order valence-electron chi connectivity index (χ3n) is 3.64. The van der Waals surface area contributed by atoms with Gasteiger partial charge in [0.2, 0.25) is 10.0 Å². The second-order valence-electron chi connectivity index (χ2n) is 5.77. The van der Waals surface area contributed by atoms with Crippen LogP contribution in [0.1, 0.15) is 15.9 Å². The topological polar surface area (TPSA) is 90.5 Å². The zero-order chi connectivity index (χ0) is 16.9. The minimum atomic E-state index is -3.43. The van der Waals surface area contributed by atoms with Gasteiger partial charge in [-0.15, -0.1) is 12.4 Å². The van der Waals surface area contributed by atoms with Crippen LogP contribution in [-0.2, 0) is 10.0 Å². The van der Waals surface area contributed by atoms with Gasteiger partial charge in [0.15, 0.2) is 0 Å². The summed E-state index contributed by atoms with van der Waals surface area (Å²) in [5, 5.41) is 6.14. The van der Waals surface area contributed by atoms with Crippen LogP contribution in [0.15, 0.2) is 18.2 Å². The molecule has 24 heavy (non-hydrogen) atoms. The first-order valence-corrected chi connectivity index (χ1v) is 9.54. The van der Waals surface area contributed by atoms with Crippen LogP contribution < -0.4 is 15.4 Å². The van der Waals surface area contributed by atoms with E-state index in [2.05, 4.69) is 20.3 Å². The number of halogens is 1. The van der Waals surface area contributed by atoms with Crippen molar-refractivity contribution in [1.29, 1.82) is 0 Å². The van der Waals surface area contributed by atoms with Gasteiger partial charge < -0.3 is 10.6 Å². The lowest BCUT2D eigenvalue weighted by Gasteiger charge is -2.27. The first-order chi connectivity index (χ1) is 10.8. The highest BCUT2D eigenvalue weighted by Crippen LogP contribution is 2.18. The monoisotopic (exact) mass is 376 g/mol. The lowest BCUT2D eigenvalue weighted by molar-refractivity contribution is 0.0948. The SMILES string of the molecule is Cc1ccc(NS(C)(=O)=O)c(C(=O)NCCN2CCNCC2)c1.Cl. The number of hydrogen-bond donors (Lipinski definition) is 3. The number of anilines is 1. The Balaban J connectivity index is 0.00000288. The van der Waals surface area contributed by atoms with Crippen molar-refractivity contribution >= 4 is 34.0 Å². The predicted molar refractivity (Wildman–Crippen MR) is 98.5 cm³/mol. The van der Waals surface area contributed by atoms with E-state index < -0.39 is 10.0 Å². The Kier molecular flexibility index (Phi) is 7.95. The fourth-order valence-electron chi connectivity index (χ4n) is 2.49. The highest BCUT2D eigenvalue weighted by molar-refractivity contribution is 7.92. The maximum absolute atomic E-state index is 12.4. The van der Waals surface area contributed by atoms with E-state index in [9.17, 15) is 13.2 Å². The lowest BCUT2D eigenvalue weighted by Crippen LogP contribution is -2.46. The number of rotatable bonds is 6. The molecule has 3 N–H and O–H groups in total. The number of hydrogen-bond acceptors (Lipinski definition) is 5. The highest BCUT2D eigenvalue weighted by atomic mass is 35.5. The number of carbonyl (C=O) groups excluding carboxylic acids is 1. The molecule has 0 radical (unpaired) electrons. The number of carbonyl (C=O) groups is 1. The summed E-state index contributed by atoms with van der Waals surface area (Å²) in [6.45, 7) is 7.06. The Labute approximate surface area is 149 Å². The van der Waals surface area contributed by atoms with Gasteiger partial charge in [-0.1, -0.05) is 11.6 Å². The van der Waals surface area contributed by atoms with Crippen LogP contribution in [0.2, 0.25) is 0 Å². The Hall–Kier alpha value is -1.35. The standard InChI is InChI=1S/C15H24N4O3S.ClH/c1-12-3-4-14(18-23(2,21)22)13(11-12)15(20)17-7-10-19-8-5-16-6-9-19;/h3-4,11,16,18H,5-10H2,1-2H3,(H,17,20);1H. The molecule has 2 rings (SSSR count). The number of sulfonamides is 1. The van der Waals surface area contributed by atoms with E-state index in [1.54, 1.807) is 18.2 Å². The minimum absolute atomic E-state index is 0. The second-order valence-corrected chi connectivity index (χ2v) is 7.52. The summed E-state index contributed by atoms with van der Waals surface area (Å²) >= 11 is 0. The quantitative estimate of drug-likeness (QED) is 0.669. The molecule has 0 aliphatic carbocycles. The number of aryl methyl sites for hydroxylation is 1. The van der Waals surface area contributed by atoms with Crippen molar-refractivity contribution in [2.24, 2.45) is 0 Å². The summed E-state index contributed by atoms with van der Waals surface area (Å²) < 4.78 is 25.2. The van der Waals surface area contributed by atoms with Gasteiger partial charge in [0.05, 0.1) is 17.5 Å². The van der Waals surface area contributed by atoms with Gasteiger partial charge in [0.25, 0.3) is 5.91 Å². The van der Waals surface area contributed by atoms with Crippen LogP contribution in [0, 0.1) is 6.92 Å². The molecule has 1 fully saturated rings. The molecular weight excluding hydrogens is 352 g/mol. The predicted octanol–water partition coefficient (Wildman–Crippen LogP) is 0.423. The molecule has 0 saturated carbocycles. The van der Waals surface area contributed by atoms with Crippen molar-refractivity contribution in [1.82, 2.24) is 15.5 Å². The third kappa shape index (κ3) is 6.64. The zero-order valence-electron chi connectivity index (χ0n) is 14.0. The van der Waals surface area contributed by atoms with Crippen LogP contribution in [0.25, 0.3) is 0 Å². The summed E-state index contributed by atoms with van der Waals surface area (Å²) in [5.74, 6) is -0.269. The molecule has 1 amide bonds. The molecule has 1 aliphatic heterocycles. The first-order valence-electron chi connectivity index (χ1n) is 7.65. The fourth-order valence-corrected chi connectivity index (χ4v) is 3.07. The molecule has 1 aliphatic rings. The third-order valence-corrected chi connectivity index (χ3v) is 4.23. The average molecular weight is 377 g/mol. The van der Waals surface area contributed by atoms with Crippen molar-refractivity contribution in [3.05, 3.63) is 29.3 Å². The molecule has 0 aromatic heterocycles. The lowest BCUT2D eigenvalue weighted by atomic mass is 10.1. The molecule has 1 heterocycles. The molecule has 7 nitrogen and oxygen atoms in total. The first kappa shape index (κ1) is 20.7. The molecule has 136 valence electrons. The van der Waals surface area contributed by atoms with E-state index in [0.29, 0.717) is 17.8 Å². The van der Waals surface area contributed by atoms with E-state index in [1.807, 2.05) is 6.92 Å². The van der Waals surface area contributed by atoms with Gasteiger partial charge in [-0.2, -0.15) is 0 Å². The molecule has 1 saturated heterocycles. The molecule has 0 spiro atoms. The summed E-state index contributed by atoms with van der Waals surface area (Å²) in [6.07, 6.45) is 1.07. The molecular formula is C15H25ClN4O3S. The largest absolute Gasteiger partial charge is 0.351 e. The van der Waals surface area contributed by atoms with E-state index in [0.717, 1.165) is 44.5 Å². The zero-order valence-corrected chi connectivity index (χ0v) is 15.6. The van der Waals surface area contributed by atoms with Gasteiger partial charge in [-0.25, -0.2) is 8.42 Å². The minimum Gasteiger partial charge on any atom is -0.351 e. The smallest absolute Gasteiger partial charge is 0.253 e. The van der Waals surface area contributed by atoms with Crippen LogP contribution in [-0.4, -0.2) is 64.7 Å². The molecule has 0 bridgehead atoms. The Bertz CT molecular complexity index is 661. The van der Waals surface area contributed by atoms with Crippen LogP contribution >= 0.6 is 12.4 Å². The second kappa shape index (κ2) is 9.22. The van der Waals surface area contributed by atoms with Gasteiger partial charge in [-0.3, -0.25) is 14.4 Å². The Morgan fingerprint density at radius 3 is 2.58 bits per heavy atom. The van der Waals surface area contributed by atoms with Crippen molar-refractivity contribution in [2.75, 3.05) is 50.2 Å². The fraction of sp³-hybridized carbons (Fsp3) is 0.533. The van der Waals surface area contributed by atoms with E-state index in [-0.39, 0.29) is 18.3 Å². The highest BCUT2D eigenvalue weighted by Gasteiger charge is 2.15. The van der Waals surface area contributed by atoms with Gasteiger partial charge >= 0.3 is 0 Å². The number of nitrogens with one attached hydrogen (secondary N) is 3. The molecule has 9 heteroatoms. The van der Waals surface area contributed by atoms with Crippen LogP contribution in [0.4, 0.5) is 5.69 Å². The number of benzene rings is 1. The maximum atomic E-state index is 12.4. The number of piperazine rings is 1. The summed E-state index contributed by atoms with van der Waals surface area (Å²) in [7, 11) is -3.43. The van der Waals surface area contributed by atoms with E-state index in [4.69, 9.17) is 0 Å². The molecule has 1 aromatic carbocycles. The van der Waals surface area contributed by atoms with Crippen molar-refractivity contribution < 1.29 is 13.2 Å². The van der Waals surface area contributed by atoms with Crippen LogP contribution in [0.5, 0.6) is 0 Å². The summed E-state index contributed by atoms with van der Waals surface area (Å²) in [4.78, 5) is 14.6. The summed E-state index contributed by atoms with van der Waals surface area (Å²) in [5.41, 5.74) is 1.55. The van der Waals surface area contributed by atoms with Crippen molar-refractivity contribution in [3.8, 4) is 0 Å². The molecule has 1 aromatic rings. The van der Waals surface area contributed by atoms with Crippen molar-refractivity contribution in [2.45, 2.75) is 6.92 Å². The molecule has 0 unspecified atom stereocenters. The maximum Gasteiger partial charge on any atom is 0.253 e. The normalized spacial score (nSPS) is 15.4. The van der Waals surface area contributed by atoms with E-state index >= 15 is 0 Å². The van der Waals surface area contributed by atoms with Gasteiger partial charge in [0.1, 0.15) is 0 Å². The number of amides is 1. The van der Waals surface area contributed by atoms with E-state index in [1.165, 1.54) is 0 Å². The van der Waals surface area contributed by atoms with Gasteiger partial charge in [0, 0.05) is 39.3 Å². The van der Waals surface area contributed by atoms with Gasteiger partial charge in [-0.05, 0) is 19.1 Å². The van der Waals surface area contributed by atoms with Crippen molar-refractivity contribution in [3.63, 3.8) is 0 Å². The molecule has 0 atom stereocenters. The Morgan fingerprint density at radius 1 is 1.29 bits per heavy atom.